The van der Waals surface area contributed by atoms with Gasteiger partial charge in [-0.05, 0) is 36.9 Å². The smallest absolute Gasteiger partial charge is 0.412 e. The van der Waals surface area contributed by atoms with Gasteiger partial charge in [0.25, 0.3) is 0 Å². The topological polar surface area (TPSA) is 98.5 Å². The number of amides is 1. The van der Waals surface area contributed by atoms with Crippen molar-refractivity contribution < 1.29 is 19.4 Å². The van der Waals surface area contributed by atoms with Gasteiger partial charge < -0.3 is 19.1 Å². The van der Waals surface area contributed by atoms with Gasteiger partial charge in [-0.25, -0.2) is 4.79 Å². The van der Waals surface area contributed by atoms with Crippen molar-refractivity contribution in [2.24, 2.45) is 0 Å². The highest BCUT2D eigenvalue weighted by Gasteiger charge is 2.39. The van der Waals surface area contributed by atoms with Crippen LogP contribution in [0, 0.1) is 12.3 Å². The number of hydrogen-bond donors (Lipinski definition) is 2. The summed E-state index contributed by atoms with van der Waals surface area (Å²) in [7, 11) is 0. The minimum absolute atomic E-state index is 0.0148. The van der Waals surface area contributed by atoms with Gasteiger partial charge in [-0.15, -0.1) is 6.42 Å². The maximum atomic E-state index is 12.1. The molecule has 9 heteroatoms. The monoisotopic (exact) mass is 420 g/mol. The number of rotatable bonds is 8. The zero-order valence-corrected chi connectivity index (χ0v) is 17.1. The lowest BCUT2D eigenvalue weighted by Gasteiger charge is -2.21. The van der Waals surface area contributed by atoms with Crippen molar-refractivity contribution in [3.8, 4) is 12.3 Å². The number of hydrogen-bond acceptors (Lipinski definition) is 6. The molecule has 1 unspecified atom stereocenters. The number of carbonyl (C=O) groups excluding carboxylic acids is 1. The standard InChI is InChI=1S/C20H25ClN4O4/c1-3-5-6-7-12-28-19(27)23-16-14-9-11-25(17(14)24-18(21)22-16)15-8-10-20(4-2,13-26)29-15/h2,9,11,15,26H,3,5-8,10,12-13H2,1H3,(H,22,23,24,27)/t15?,20-/m0/s1. The molecule has 0 saturated carbocycles. The summed E-state index contributed by atoms with van der Waals surface area (Å²) in [5.74, 6) is 2.79. The molecule has 3 rings (SSSR count). The van der Waals surface area contributed by atoms with Crippen LogP contribution in [0.1, 0.15) is 51.7 Å². The molecule has 0 bridgehead atoms. The van der Waals surface area contributed by atoms with Crippen molar-refractivity contribution in [2.45, 2.75) is 57.3 Å². The first-order valence-electron chi connectivity index (χ1n) is 9.76. The van der Waals surface area contributed by atoms with Crippen LogP contribution >= 0.6 is 11.6 Å². The molecule has 1 saturated heterocycles. The normalized spacial score (nSPS) is 21.2. The van der Waals surface area contributed by atoms with Crippen molar-refractivity contribution in [3.05, 3.63) is 17.5 Å². The number of anilines is 1. The van der Waals surface area contributed by atoms with E-state index in [0.717, 1.165) is 25.7 Å². The molecule has 156 valence electrons. The maximum absolute atomic E-state index is 12.1. The van der Waals surface area contributed by atoms with Gasteiger partial charge in [-0.3, -0.25) is 5.32 Å². The second-order valence-corrected chi connectivity index (χ2v) is 7.37. The molecule has 0 spiro atoms. The molecule has 1 fully saturated rings. The molecule has 3 heterocycles. The lowest BCUT2D eigenvalue weighted by molar-refractivity contribution is -0.0615. The molecule has 2 aromatic rings. The van der Waals surface area contributed by atoms with Gasteiger partial charge in [0.1, 0.15) is 17.7 Å². The first-order valence-corrected chi connectivity index (χ1v) is 10.1. The highest BCUT2D eigenvalue weighted by Crippen LogP contribution is 2.38. The number of nitrogens with zero attached hydrogens (tertiary/aromatic N) is 3. The number of aromatic nitrogens is 3. The van der Waals surface area contributed by atoms with Crippen molar-refractivity contribution >= 4 is 34.5 Å². The van der Waals surface area contributed by atoms with E-state index in [1.165, 1.54) is 0 Å². The van der Waals surface area contributed by atoms with Crippen LogP contribution in [0.2, 0.25) is 5.28 Å². The maximum Gasteiger partial charge on any atom is 0.412 e. The number of halogens is 1. The summed E-state index contributed by atoms with van der Waals surface area (Å²) in [4.78, 5) is 20.5. The van der Waals surface area contributed by atoms with Crippen molar-refractivity contribution in [1.82, 2.24) is 14.5 Å². The highest BCUT2D eigenvalue weighted by molar-refractivity contribution is 6.28. The summed E-state index contributed by atoms with van der Waals surface area (Å²) in [6, 6.07) is 1.76. The zero-order chi connectivity index (χ0) is 20.9. The third-order valence-corrected chi connectivity index (χ3v) is 5.15. The van der Waals surface area contributed by atoms with E-state index in [9.17, 15) is 9.90 Å². The number of unbranched alkanes of at least 4 members (excludes halogenated alkanes) is 3. The summed E-state index contributed by atoms with van der Waals surface area (Å²) in [5.41, 5.74) is -0.500. The Morgan fingerprint density at radius 2 is 2.34 bits per heavy atom. The summed E-state index contributed by atoms with van der Waals surface area (Å²) in [6.07, 6.45) is 11.5. The highest BCUT2D eigenvalue weighted by atomic mass is 35.5. The molecule has 1 aliphatic heterocycles. The van der Waals surface area contributed by atoms with E-state index >= 15 is 0 Å². The van der Waals surface area contributed by atoms with Crippen LogP contribution in [-0.2, 0) is 9.47 Å². The SMILES string of the molecule is C#C[C@@]1(CO)CCC(n2ccc3c(NC(=O)OCCCCCC)nc(Cl)nc32)O1. The van der Waals surface area contributed by atoms with E-state index in [-0.39, 0.29) is 17.7 Å². The number of ether oxygens (including phenoxy) is 2. The number of terminal acetylenes is 1. The number of carbonyl (C=O) groups is 1. The second kappa shape index (κ2) is 9.44. The molecule has 29 heavy (non-hydrogen) atoms. The molecule has 1 amide bonds. The summed E-state index contributed by atoms with van der Waals surface area (Å²) in [6.45, 7) is 2.21. The fourth-order valence-corrected chi connectivity index (χ4v) is 3.52. The van der Waals surface area contributed by atoms with Crippen LogP contribution in [0.15, 0.2) is 12.3 Å². The number of aliphatic hydroxyl groups excluding tert-OH is 1. The van der Waals surface area contributed by atoms with Crippen LogP contribution in [0.4, 0.5) is 10.6 Å². The lowest BCUT2D eigenvalue weighted by atomic mass is 10.0. The first kappa shape index (κ1) is 21.4. The van der Waals surface area contributed by atoms with Crippen molar-refractivity contribution in [3.63, 3.8) is 0 Å². The molecule has 2 N–H and O–H groups in total. The van der Waals surface area contributed by atoms with Gasteiger partial charge in [0, 0.05) is 6.20 Å². The third kappa shape index (κ3) is 4.81. The van der Waals surface area contributed by atoms with E-state index in [0.29, 0.717) is 30.5 Å². The molecule has 2 atom stereocenters. The fraction of sp³-hybridized carbons (Fsp3) is 0.550. The lowest BCUT2D eigenvalue weighted by Crippen LogP contribution is -2.31. The molecule has 8 nitrogen and oxygen atoms in total. The Bertz CT molecular complexity index is 910. The van der Waals surface area contributed by atoms with Crippen LogP contribution in [0.5, 0.6) is 0 Å². The number of nitrogens with one attached hydrogen (secondary N) is 1. The summed E-state index contributed by atoms with van der Waals surface area (Å²) >= 11 is 6.07. The number of fused-ring (bicyclic) bond motifs is 1. The Morgan fingerprint density at radius 3 is 3.03 bits per heavy atom. The Balaban J connectivity index is 1.74. The average molecular weight is 421 g/mol. The third-order valence-electron chi connectivity index (χ3n) is 4.98. The average Bonchev–Trinajstić information content (AvgIpc) is 3.32. The summed E-state index contributed by atoms with van der Waals surface area (Å²) in [5, 5.41) is 12.8. The van der Waals surface area contributed by atoms with Crippen molar-refractivity contribution in [1.29, 1.82) is 0 Å². The first-order chi connectivity index (χ1) is 14.0. The van der Waals surface area contributed by atoms with E-state index in [1.807, 2.05) is 0 Å². The zero-order valence-electron chi connectivity index (χ0n) is 16.4. The quantitative estimate of drug-likeness (QED) is 0.382. The van der Waals surface area contributed by atoms with Crippen LogP contribution in [0.3, 0.4) is 0 Å². The second-order valence-electron chi connectivity index (χ2n) is 7.03. The Morgan fingerprint density at radius 1 is 1.52 bits per heavy atom. The Hall–Kier alpha value is -2.34. The van der Waals surface area contributed by atoms with E-state index in [1.54, 1.807) is 16.8 Å². The molecule has 0 aliphatic carbocycles. The molecular formula is C20H25ClN4O4. The predicted octanol–water partition coefficient (Wildman–Crippen LogP) is 3.89. The van der Waals surface area contributed by atoms with Gasteiger partial charge in [-0.1, -0.05) is 32.1 Å². The van der Waals surface area contributed by atoms with E-state index < -0.39 is 17.9 Å². The van der Waals surface area contributed by atoms with Gasteiger partial charge in [0.2, 0.25) is 5.28 Å². The van der Waals surface area contributed by atoms with Crippen LogP contribution in [-0.4, -0.2) is 44.5 Å². The predicted molar refractivity (Wildman–Crippen MR) is 110 cm³/mol. The van der Waals surface area contributed by atoms with Crippen LogP contribution < -0.4 is 5.32 Å². The molecular weight excluding hydrogens is 396 g/mol. The molecule has 2 aromatic heterocycles. The minimum Gasteiger partial charge on any atom is -0.449 e. The fourth-order valence-electron chi connectivity index (χ4n) is 3.36. The van der Waals surface area contributed by atoms with Gasteiger partial charge in [-0.2, -0.15) is 9.97 Å². The van der Waals surface area contributed by atoms with Gasteiger partial charge in [0.15, 0.2) is 5.60 Å². The van der Waals surface area contributed by atoms with Crippen molar-refractivity contribution in [2.75, 3.05) is 18.5 Å². The van der Waals surface area contributed by atoms with E-state index in [4.69, 9.17) is 27.5 Å². The van der Waals surface area contributed by atoms with Gasteiger partial charge >= 0.3 is 6.09 Å². The Labute approximate surface area is 174 Å². The van der Waals surface area contributed by atoms with Crippen LogP contribution in [0.25, 0.3) is 11.0 Å². The Kier molecular flexibility index (Phi) is 6.96. The summed E-state index contributed by atoms with van der Waals surface area (Å²) < 4.78 is 12.9. The molecule has 1 aliphatic rings. The van der Waals surface area contributed by atoms with Gasteiger partial charge in [0.05, 0.1) is 18.6 Å². The number of aliphatic hydroxyl groups is 1. The molecule has 0 radical (unpaired) electrons. The molecule has 0 aromatic carbocycles. The van der Waals surface area contributed by atoms with E-state index in [2.05, 4.69) is 28.1 Å². The largest absolute Gasteiger partial charge is 0.449 e. The minimum atomic E-state index is -0.999.